The molecule has 0 aliphatic rings. The van der Waals surface area contributed by atoms with E-state index in [-0.39, 0.29) is 0 Å². The molecule has 0 bridgehead atoms. The molecule has 152 valence electrons. The molecule has 1 unspecified atom stereocenters. The Labute approximate surface area is 183 Å². The van der Waals surface area contributed by atoms with Gasteiger partial charge in [0.1, 0.15) is 0 Å². The predicted molar refractivity (Wildman–Crippen MR) is 140 cm³/mol. The monoisotopic (exact) mass is 428 g/mol. The van der Waals surface area contributed by atoms with Gasteiger partial charge in [-0.2, -0.15) is 0 Å². The maximum atomic E-state index is 3.50. The molecule has 0 nitrogen and oxygen atoms in total. The summed E-state index contributed by atoms with van der Waals surface area (Å²) in [5, 5.41) is 5.69. The fourth-order valence-electron chi connectivity index (χ4n) is 5.12. The van der Waals surface area contributed by atoms with Crippen molar-refractivity contribution in [3.63, 3.8) is 0 Å². The number of hydrogen-bond acceptors (Lipinski definition) is 0. The Bertz CT molecular complexity index is 1030. The zero-order valence-corrected chi connectivity index (χ0v) is 20.3. The molecule has 1 atom stereocenters. The van der Waals surface area contributed by atoms with Gasteiger partial charge in [0.15, 0.2) is 0 Å². The molecule has 0 aliphatic heterocycles. The van der Waals surface area contributed by atoms with Crippen LogP contribution in [-0.2, 0) is 0 Å². The van der Waals surface area contributed by atoms with Crippen molar-refractivity contribution in [3.05, 3.63) is 119 Å². The Morgan fingerprint density at radius 1 is 0.400 bits per heavy atom. The Hall–Kier alpha value is -2.26. The topological polar surface area (TPSA) is 0 Å². The van der Waals surface area contributed by atoms with Crippen molar-refractivity contribution in [1.82, 2.24) is 0 Å². The molecule has 0 fully saturated rings. The van der Waals surface area contributed by atoms with E-state index in [0.29, 0.717) is 0 Å². The third-order valence-electron chi connectivity index (χ3n) is 6.46. The van der Waals surface area contributed by atoms with Gasteiger partial charge in [-0.05, 0) is 0 Å². The van der Waals surface area contributed by atoms with E-state index >= 15 is 0 Å². The molecular formula is C28H30P2. The van der Waals surface area contributed by atoms with Gasteiger partial charge < -0.3 is 0 Å². The summed E-state index contributed by atoms with van der Waals surface area (Å²) in [6, 6.07) is 35.8. The van der Waals surface area contributed by atoms with Crippen LogP contribution in [0.3, 0.4) is 0 Å². The summed E-state index contributed by atoms with van der Waals surface area (Å²) in [6.45, 7) is 9.04. The molecule has 2 heteroatoms. The quantitative estimate of drug-likeness (QED) is 0.357. The van der Waals surface area contributed by atoms with Gasteiger partial charge in [-0.15, -0.1) is 0 Å². The molecule has 0 radical (unpaired) electrons. The van der Waals surface area contributed by atoms with Crippen molar-refractivity contribution >= 4 is 36.4 Å². The molecule has 0 saturated carbocycles. The average molecular weight is 428 g/mol. The van der Waals surface area contributed by atoms with Gasteiger partial charge in [-0.25, -0.2) is 0 Å². The van der Waals surface area contributed by atoms with Crippen LogP contribution in [0.15, 0.2) is 97.1 Å². The van der Waals surface area contributed by atoms with Crippen LogP contribution in [0.1, 0.15) is 22.3 Å². The predicted octanol–water partition coefficient (Wildman–Crippen LogP) is 5.87. The van der Waals surface area contributed by atoms with E-state index in [1.54, 1.807) is 0 Å². The van der Waals surface area contributed by atoms with Gasteiger partial charge in [0, 0.05) is 0 Å². The van der Waals surface area contributed by atoms with Crippen molar-refractivity contribution in [1.29, 1.82) is 0 Å². The summed E-state index contributed by atoms with van der Waals surface area (Å²) in [5.41, 5.74) is 5.33. The number of aryl methyl sites for hydroxylation is 4. The number of benzene rings is 4. The van der Waals surface area contributed by atoms with Gasteiger partial charge >= 0.3 is 183 Å². The first-order valence-corrected chi connectivity index (χ1v) is 14.3. The van der Waals surface area contributed by atoms with Gasteiger partial charge in [-0.3, -0.25) is 0 Å². The fourth-order valence-corrected chi connectivity index (χ4v) is 15.0. The Kier molecular flexibility index (Phi) is 5.44. The van der Waals surface area contributed by atoms with E-state index in [1.807, 2.05) is 0 Å². The minimum absolute atomic E-state index is 1.33. The van der Waals surface area contributed by atoms with E-state index < -0.39 is 6.29 Å². The van der Waals surface area contributed by atoms with Crippen molar-refractivity contribution < 1.29 is 0 Å². The second-order valence-corrected chi connectivity index (χ2v) is 15.7. The van der Waals surface area contributed by atoms with Gasteiger partial charge in [0.2, 0.25) is 0 Å². The summed E-state index contributed by atoms with van der Waals surface area (Å²) >= 11 is 0. The Morgan fingerprint density at radius 3 is 0.800 bits per heavy atom. The number of hydrogen-bond donors (Lipinski definition) is 0. The summed E-state index contributed by atoms with van der Waals surface area (Å²) in [6.07, 6.45) is -3.09. The molecule has 30 heavy (non-hydrogen) atoms. The third kappa shape index (κ3) is 2.90. The third-order valence-corrected chi connectivity index (χ3v) is 15.8. The van der Waals surface area contributed by atoms with Crippen LogP contribution >= 0.6 is 15.2 Å². The second kappa shape index (κ2) is 7.77. The average Bonchev–Trinajstić information content (AvgIpc) is 2.75. The van der Waals surface area contributed by atoms with E-state index in [4.69, 9.17) is 0 Å². The van der Waals surface area contributed by atoms with Gasteiger partial charge in [0.25, 0.3) is 0 Å². The molecule has 4 aromatic rings. The van der Waals surface area contributed by atoms with E-state index in [2.05, 4.69) is 134 Å². The van der Waals surface area contributed by atoms with Crippen molar-refractivity contribution in [2.45, 2.75) is 27.7 Å². The molecule has 4 aromatic carbocycles. The molecule has 0 aliphatic carbocycles. The first-order chi connectivity index (χ1) is 14.4. The first-order valence-electron chi connectivity index (χ1n) is 10.5. The minimum atomic E-state index is -3.09. The summed E-state index contributed by atoms with van der Waals surface area (Å²) in [4.78, 5) is 0. The molecule has 0 amide bonds. The first kappa shape index (κ1) is 21.0. The molecule has 0 N–H and O–H groups in total. The summed E-state index contributed by atoms with van der Waals surface area (Å²) in [5.74, 6) is 0. The van der Waals surface area contributed by atoms with Crippen LogP contribution in [0.25, 0.3) is 0 Å². The standard InChI is InChI=1S/C28H30P2/c1-21-13-5-9-17-25(21)30(29,26-18-10-6-14-22(26)2,27-19-11-7-15-23(27)3)28-20-12-8-16-24(28)4/h5-20H,29H2,1-4H3. The van der Waals surface area contributed by atoms with Crippen LogP contribution in [0.4, 0.5) is 0 Å². The normalized spacial score (nSPS) is 12.9. The van der Waals surface area contributed by atoms with Crippen LogP contribution in [-0.4, -0.2) is 0 Å². The Balaban J connectivity index is 2.37. The molecule has 4 rings (SSSR count). The zero-order valence-electron chi connectivity index (χ0n) is 18.3. The molecule has 0 aromatic heterocycles. The molecule has 0 heterocycles. The summed E-state index contributed by atoms with van der Waals surface area (Å²) in [7, 11) is 3.50. The zero-order chi connectivity index (χ0) is 21.4. The van der Waals surface area contributed by atoms with Crippen molar-refractivity contribution in [2.24, 2.45) is 0 Å². The van der Waals surface area contributed by atoms with E-state index in [1.165, 1.54) is 43.5 Å². The maximum absolute atomic E-state index is 3.50. The fraction of sp³-hybridized carbons (Fsp3) is 0.143. The Morgan fingerprint density at radius 2 is 0.600 bits per heavy atom. The summed E-state index contributed by atoms with van der Waals surface area (Å²) < 4.78 is 0. The van der Waals surface area contributed by atoms with Gasteiger partial charge in [-0.1, -0.05) is 0 Å². The SMILES string of the molecule is Cc1ccccc1P(P)(c1ccccc1C)(c1ccccc1C)c1ccccc1C. The van der Waals surface area contributed by atoms with E-state index in [0.717, 1.165) is 0 Å². The van der Waals surface area contributed by atoms with Crippen LogP contribution in [0, 0.1) is 27.7 Å². The van der Waals surface area contributed by atoms with Crippen LogP contribution < -0.4 is 21.2 Å². The van der Waals surface area contributed by atoms with Crippen molar-refractivity contribution in [2.75, 3.05) is 0 Å². The van der Waals surface area contributed by atoms with Crippen LogP contribution in [0.5, 0.6) is 0 Å². The van der Waals surface area contributed by atoms with E-state index in [9.17, 15) is 0 Å². The van der Waals surface area contributed by atoms with Crippen molar-refractivity contribution in [3.8, 4) is 0 Å². The van der Waals surface area contributed by atoms with Gasteiger partial charge in [0.05, 0.1) is 0 Å². The molecule has 0 spiro atoms. The molecular weight excluding hydrogens is 398 g/mol. The second-order valence-electron chi connectivity index (χ2n) is 8.33. The molecule has 0 saturated heterocycles. The van der Waals surface area contributed by atoms with Crippen LogP contribution in [0.2, 0.25) is 0 Å². The number of rotatable bonds is 4.